The van der Waals surface area contributed by atoms with Gasteiger partial charge in [-0.15, -0.1) is 0 Å². The lowest BCUT2D eigenvalue weighted by atomic mass is 9.91. The molecule has 1 aliphatic rings. The van der Waals surface area contributed by atoms with Crippen molar-refractivity contribution >= 4 is 0 Å². The summed E-state index contributed by atoms with van der Waals surface area (Å²) in [7, 11) is 3.97. The average Bonchev–Trinajstić information content (AvgIpc) is 3.09. The first-order valence-electron chi connectivity index (χ1n) is 7.50. The van der Waals surface area contributed by atoms with Crippen LogP contribution in [0.3, 0.4) is 0 Å². The number of ether oxygens (including phenoxy) is 1. The van der Waals surface area contributed by atoms with Crippen LogP contribution in [0, 0.1) is 5.92 Å². The van der Waals surface area contributed by atoms with E-state index < -0.39 is 0 Å². The van der Waals surface area contributed by atoms with Gasteiger partial charge in [0.1, 0.15) is 0 Å². The molecule has 3 heterocycles. The molecular formula is C15H23N5O. The Morgan fingerprint density at radius 2 is 2.29 bits per heavy atom. The van der Waals surface area contributed by atoms with E-state index in [1.165, 1.54) is 17.7 Å². The molecule has 1 N–H and O–H groups in total. The monoisotopic (exact) mass is 289 g/mol. The van der Waals surface area contributed by atoms with Gasteiger partial charge in [0.25, 0.3) is 0 Å². The van der Waals surface area contributed by atoms with E-state index in [9.17, 15) is 0 Å². The molecule has 6 nitrogen and oxygen atoms in total. The number of aryl methyl sites for hydroxylation is 2. The highest BCUT2D eigenvalue weighted by Gasteiger charge is 2.28. The average molecular weight is 289 g/mol. The van der Waals surface area contributed by atoms with Gasteiger partial charge in [0.15, 0.2) is 0 Å². The van der Waals surface area contributed by atoms with E-state index in [-0.39, 0.29) is 6.10 Å². The summed E-state index contributed by atoms with van der Waals surface area (Å²) in [5, 5.41) is 7.80. The normalized spacial score (nSPS) is 22.6. The Labute approximate surface area is 125 Å². The largest absolute Gasteiger partial charge is 0.373 e. The Bertz CT molecular complexity index is 576. The van der Waals surface area contributed by atoms with Crippen molar-refractivity contribution in [2.24, 2.45) is 20.0 Å². The molecule has 1 saturated heterocycles. The van der Waals surface area contributed by atoms with Crippen molar-refractivity contribution in [2.45, 2.75) is 25.5 Å². The van der Waals surface area contributed by atoms with Crippen LogP contribution < -0.4 is 5.32 Å². The van der Waals surface area contributed by atoms with E-state index in [1.54, 1.807) is 0 Å². The molecule has 2 atom stereocenters. The molecule has 0 unspecified atom stereocenters. The van der Waals surface area contributed by atoms with Gasteiger partial charge in [0.2, 0.25) is 0 Å². The zero-order valence-corrected chi connectivity index (χ0v) is 12.7. The number of nitrogens with one attached hydrogen (secondary N) is 1. The molecule has 1 aliphatic heterocycles. The van der Waals surface area contributed by atoms with Gasteiger partial charge >= 0.3 is 0 Å². The number of rotatable bonds is 5. The third kappa shape index (κ3) is 3.33. The first kappa shape index (κ1) is 14.3. The Morgan fingerprint density at radius 1 is 1.38 bits per heavy atom. The first-order chi connectivity index (χ1) is 10.2. The fourth-order valence-corrected chi connectivity index (χ4v) is 2.95. The van der Waals surface area contributed by atoms with Crippen molar-refractivity contribution in [3.8, 4) is 0 Å². The molecule has 21 heavy (non-hydrogen) atoms. The number of imidazole rings is 1. The van der Waals surface area contributed by atoms with Gasteiger partial charge in [0, 0.05) is 57.7 Å². The summed E-state index contributed by atoms with van der Waals surface area (Å²) in [6.07, 6.45) is 10.2. The van der Waals surface area contributed by atoms with Crippen LogP contribution >= 0.6 is 0 Å². The molecule has 1 fully saturated rings. The maximum absolute atomic E-state index is 5.99. The van der Waals surface area contributed by atoms with E-state index in [4.69, 9.17) is 4.74 Å². The van der Waals surface area contributed by atoms with Gasteiger partial charge in [-0.1, -0.05) is 0 Å². The van der Waals surface area contributed by atoms with Crippen LogP contribution in [0.25, 0.3) is 0 Å². The van der Waals surface area contributed by atoms with Gasteiger partial charge in [-0.3, -0.25) is 4.68 Å². The van der Waals surface area contributed by atoms with E-state index in [0.717, 1.165) is 26.1 Å². The van der Waals surface area contributed by atoms with E-state index in [1.807, 2.05) is 42.1 Å². The Kier molecular flexibility index (Phi) is 4.36. The second-order valence-corrected chi connectivity index (χ2v) is 5.77. The summed E-state index contributed by atoms with van der Waals surface area (Å²) >= 11 is 0. The predicted octanol–water partition coefficient (Wildman–Crippen LogP) is 1.41. The molecule has 0 amide bonds. The molecule has 114 valence electrons. The second kappa shape index (κ2) is 6.41. The molecule has 2 aromatic heterocycles. The van der Waals surface area contributed by atoms with Gasteiger partial charge < -0.3 is 14.6 Å². The number of hydrogen-bond acceptors (Lipinski definition) is 4. The zero-order valence-electron chi connectivity index (χ0n) is 12.7. The van der Waals surface area contributed by atoms with Crippen molar-refractivity contribution in [1.82, 2.24) is 24.6 Å². The lowest BCUT2D eigenvalue weighted by Gasteiger charge is -2.31. The maximum atomic E-state index is 5.99. The van der Waals surface area contributed by atoms with Crippen LogP contribution in [0.2, 0.25) is 0 Å². The smallest absolute Gasteiger partial charge is 0.0945 e. The minimum absolute atomic E-state index is 0.159. The molecule has 3 rings (SSSR count). The van der Waals surface area contributed by atoms with Gasteiger partial charge in [-0.05, 0) is 12.8 Å². The molecule has 0 radical (unpaired) electrons. The lowest BCUT2D eigenvalue weighted by Crippen LogP contribution is -2.32. The second-order valence-electron chi connectivity index (χ2n) is 5.77. The van der Waals surface area contributed by atoms with E-state index in [0.29, 0.717) is 5.92 Å². The fourth-order valence-electron chi connectivity index (χ4n) is 2.95. The maximum Gasteiger partial charge on any atom is 0.0945 e. The van der Waals surface area contributed by atoms with Gasteiger partial charge in [-0.25, -0.2) is 4.98 Å². The summed E-state index contributed by atoms with van der Waals surface area (Å²) in [5.74, 6) is 0.496. The summed E-state index contributed by atoms with van der Waals surface area (Å²) in [4.78, 5) is 4.14. The van der Waals surface area contributed by atoms with Crippen molar-refractivity contribution in [1.29, 1.82) is 0 Å². The van der Waals surface area contributed by atoms with E-state index in [2.05, 4.69) is 21.6 Å². The predicted molar refractivity (Wildman–Crippen MR) is 79.5 cm³/mol. The molecule has 6 heteroatoms. The molecule has 0 aliphatic carbocycles. The molecule has 0 bridgehead atoms. The third-order valence-corrected chi connectivity index (χ3v) is 4.13. The summed E-state index contributed by atoms with van der Waals surface area (Å²) in [6.45, 7) is 2.63. The number of hydrogen-bond donors (Lipinski definition) is 1. The van der Waals surface area contributed by atoms with E-state index >= 15 is 0 Å². The molecule has 2 aromatic rings. The van der Waals surface area contributed by atoms with Gasteiger partial charge in [0.05, 0.1) is 24.3 Å². The van der Waals surface area contributed by atoms with Crippen LogP contribution in [-0.2, 0) is 25.4 Å². The van der Waals surface area contributed by atoms with Crippen molar-refractivity contribution in [3.63, 3.8) is 0 Å². The third-order valence-electron chi connectivity index (χ3n) is 4.13. The minimum Gasteiger partial charge on any atom is -0.373 e. The summed E-state index contributed by atoms with van der Waals surface area (Å²) in [5.41, 5.74) is 2.38. The highest BCUT2D eigenvalue weighted by atomic mass is 16.5. The van der Waals surface area contributed by atoms with Crippen LogP contribution in [0.1, 0.15) is 30.2 Å². The Morgan fingerprint density at radius 3 is 3.00 bits per heavy atom. The summed E-state index contributed by atoms with van der Waals surface area (Å²) in [6, 6.07) is 0. The Balaban J connectivity index is 1.58. The number of aromatic nitrogens is 4. The Hall–Kier alpha value is -1.66. The van der Waals surface area contributed by atoms with Gasteiger partial charge in [-0.2, -0.15) is 5.10 Å². The number of nitrogens with zero attached hydrogens (tertiary/aromatic N) is 4. The SMILES string of the molecule is Cn1cc([C@@H]2OCCC[C@H]2CNCc2cncn2C)cn1. The topological polar surface area (TPSA) is 56.9 Å². The quantitative estimate of drug-likeness (QED) is 0.904. The van der Waals surface area contributed by atoms with Crippen LogP contribution in [0.4, 0.5) is 0 Å². The lowest BCUT2D eigenvalue weighted by molar-refractivity contribution is -0.0279. The fraction of sp³-hybridized carbons (Fsp3) is 0.600. The van der Waals surface area contributed by atoms with Crippen LogP contribution in [0.5, 0.6) is 0 Å². The van der Waals surface area contributed by atoms with Crippen molar-refractivity contribution < 1.29 is 4.74 Å². The highest BCUT2D eigenvalue weighted by molar-refractivity contribution is 5.10. The molecular weight excluding hydrogens is 266 g/mol. The standard InChI is InChI=1S/C15H23N5O/c1-19-11-17-9-14(19)8-16-6-12-4-3-5-21-15(12)13-7-18-20(2)10-13/h7,9-12,15-16H,3-6,8H2,1-2H3/t12-,15+/m0/s1. The molecule has 0 spiro atoms. The highest BCUT2D eigenvalue weighted by Crippen LogP contribution is 2.32. The molecule has 0 saturated carbocycles. The summed E-state index contributed by atoms with van der Waals surface area (Å²) < 4.78 is 9.88. The van der Waals surface area contributed by atoms with Crippen LogP contribution in [0.15, 0.2) is 24.9 Å². The first-order valence-corrected chi connectivity index (χ1v) is 7.50. The minimum atomic E-state index is 0.159. The molecule has 0 aromatic carbocycles. The van der Waals surface area contributed by atoms with Crippen molar-refractivity contribution in [3.05, 3.63) is 36.2 Å². The van der Waals surface area contributed by atoms with Crippen molar-refractivity contribution in [2.75, 3.05) is 13.2 Å². The zero-order chi connectivity index (χ0) is 14.7. The van der Waals surface area contributed by atoms with Crippen LogP contribution in [-0.4, -0.2) is 32.5 Å².